The second-order valence-corrected chi connectivity index (χ2v) is 8.68. The van der Waals surface area contributed by atoms with Crippen LogP contribution in [0.2, 0.25) is 0 Å². The Morgan fingerprint density at radius 1 is 1.10 bits per heavy atom. The summed E-state index contributed by atoms with van der Waals surface area (Å²) in [5.74, 6) is 1.72. The van der Waals surface area contributed by atoms with Crippen molar-refractivity contribution >= 4 is 28.4 Å². The molecular weight excluding hydrogens is 382 g/mol. The minimum Gasteiger partial charge on any atom is -0.339 e. The molecule has 0 saturated carbocycles. The molecule has 2 aromatic carbocycles. The number of nitrogens with one attached hydrogen (secondary N) is 1. The molecule has 1 aromatic heterocycles. The van der Waals surface area contributed by atoms with E-state index in [0.29, 0.717) is 16.8 Å². The third-order valence-corrected chi connectivity index (χ3v) is 6.18. The maximum absolute atomic E-state index is 12.6. The van der Waals surface area contributed by atoms with Crippen LogP contribution in [-0.2, 0) is 11.3 Å². The van der Waals surface area contributed by atoms with Gasteiger partial charge in [0.25, 0.3) is 0 Å². The number of fused-ring (bicyclic) bond motifs is 1. The zero-order valence-corrected chi connectivity index (χ0v) is 17.8. The normalized spacial score (nSPS) is 15.3. The minimum absolute atomic E-state index is 0.163. The first-order chi connectivity index (χ1) is 14.1. The van der Waals surface area contributed by atoms with Gasteiger partial charge in [-0.2, -0.15) is 0 Å². The van der Waals surface area contributed by atoms with E-state index in [1.807, 2.05) is 4.90 Å². The Kier molecular flexibility index (Phi) is 6.16. The molecule has 0 radical (unpaired) electrons. The van der Waals surface area contributed by atoms with Crippen LogP contribution in [-0.4, -0.2) is 62.8 Å². The first-order valence-electron chi connectivity index (χ1n) is 10.1. The number of hydrogen-bond acceptors (Lipinski definition) is 5. The summed E-state index contributed by atoms with van der Waals surface area (Å²) in [4.78, 5) is 21.4. The van der Waals surface area contributed by atoms with Crippen LogP contribution in [0.1, 0.15) is 31.2 Å². The van der Waals surface area contributed by atoms with E-state index in [2.05, 4.69) is 76.4 Å². The van der Waals surface area contributed by atoms with Gasteiger partial charge in [-0.25, -0.2) is 4.98 Å². The fraction of sp³-hybridized carbons (Fsp3) is 0.409. The molecule has 6 nitrogen and oxygen atoms in total. The van der Waals surface area contributed by atoms with Gasteiger partial charge in [0.15, 0.2) is 0 Å². The quantitative estimate of drug-likeness (QED) is 0.631. The second-order valence-electron chi connectivity index (χ2n) is 7.74. The molecule has 1 saturated heterocycles. The van der Waals surface area contributed by atoms with Crippen LogP contribution in [0, 0.1) is 0 Å². The first-order valence-corrected chi connectivity index (χ1v) is 11.1. The van der Waals surface area contributed by atoms with Crippen molar-refractivity contribution in [2.45, 2.75) is 31.5 Å². The molecule has 0 spiro atoms. The number of piperazine rings is 1. The summed E-state index contributed by atoms with van der Waals surface area (Å²) in [6.45, 7) is 8.41. The van der Waals surface area contributed by atoms with Gasteiger partial charge in [0.05, 0.1) is 5.75 Å². The topological polar surface area (TPSA) is 65.1 Å². The van der Waals surface area contributed by atoms with Crippen LogP contribution in [0.25, 0.3) is 10.8 Å². The Hall–Kier alpha value is -2.38. The molecule has 1 N–H and O–H groups in total. The van der Waals surface area contributed by atoms with Crippen LogP contribution >= 0.6 is 11.8 Å². The van der Waals surface area contributed by atoms with Gasteiger partial charge >= 0.3 is 0 Å². The highest BCUT2D eigenvalue weighted by molar-refractivity contribution is 7.99. The van der Waals surface area contributed by atoms with Gasteiger partial charge in [-0.05, 0) is 16.3 Å². The van der Waals surface area contributed by atoms with Gasteiger partial charge < -0.3 is 4.90 Å². The van der Waals surface area contributed by atoms with Crippen molar-refractivity contribution in [1.82, 2.24) is 25.0 Å². The number of aromatic nitrogens is 3. The minimum atomic E-state index is 0.163. The number of nitrogens with zero attached hydrogens (tertiary/aromatic N) is 4. The number of hydrogen-bond donors (Lipinski definition) is 1. The smallest absolute Gasteiger partial charge is 0.233 e. The number of amides is 1. The molecule has 29 heavy (non-hydrogen) atoms. The molecule has 2 heterocycles. The molecule has 0 aliphatic carbocycles. The van der Waals surface area contributed by atoms with Gasteiger partial charge in [-0.3, -0.25) is 14.8 Å². The number of H-pyrrole nitrogens is 1. The third-order valence-electron chi connectivity index (χ3n) is 5.35. The van der Waals surface area contributed by atoms with Crippen LogP contribution in [0.3, 0.4) is 0 Å². The summed E-state index contributed by atoms with van der Waals surface area (Å²) in [7, 11) is 0. The van der Waals surface area contributed by atoms with E-state index in [-0.39, 0.29) is 5.91 Å². The number of rotatable bonds is 6. The fourth-order valence-corrected chi connectivity index (χ4v) is 4.33. The van der Waals surface area contributed by atoms with Crippen LogP contribution < -0.4 is 0 Å². The van der Waals surface area contributed by atoms with Crippen LogP contribution in [0.15, 0.2) is 47.6 Å². The largest absolute Gasteiger partial charge is 0.339 e. The molecule has 7 heteroatoms. The summed E-state index contributed by atoms with van der Waals surface area (Å²) in [6, 6.07) is 15.0. The highest BCUT2D eigenvalue weighted by Crippen LogP contribution is 2.21. The highest BCUT2D eigenvalue weighted by atomic mass is 32.2. The number of thioether (sulfide) groups is 1. The molecular formula is C22H27N5OS. The van der Waals surface area contributed by atoms with Crippen molar-refractivity contribution < 1.29 is 4.79 Å². The van der Waals surface area contributed by atoms with Crippen molar-refractivity contribution in [1.29, 1.82) is 0 Å². The number of benzene rings is 2. The average molecular weight is 410 g/mol. The SMILES string of the molecule is CC(C)c1nc(SCC(=O)N2CCN(Cc3cccc4ccccc34)CC2)n[nH]1. The number of carbonyl (C=O) groups is 1. The van der Waals surface area contributed by atoms with Crippen molar-refractivity contribution in [3.05, 3.63) is 53.9 Å². The maximum atomic E-state index is 12.6. The van der Waals surface area contributed by atoms with Crippen molar-refractivity contribution in [2.75, 3.05) is 31.9 Å². The monoisotopic (exact) mass is 409 g/mol. The van der Waals surface area contributed by atoms with Crippen molar-refractivity contribution in [3.63, 3.8) is 0 Å². The van der Waals surface area contributed by atoms with Gasteiger partial charge in [0, 0.05) is 38.6 Å². The molecule has 1 aliphatic heterocycles. The molecule has 1 aliphatic rings. The Bertz CT molecular complexity index is 973. The van der Waals surface area contributed by atoms with Crippen molar-refractivity contribution in [2.24, 2.45) is 0 Å². The van der Waals surface area contributed by atoms with Gasteiger partial charge in [-0.1, -0.05) is 68.1 Å². The molecule has 0 atom stereocenters. The summed E-state index contributed by atoms with van der Waals surface area (Å²) in [6.07, 6.45) is 0. The molecule has 0 bridgehead atoms. The van der Waals surface area contributed by atoms with Crippen molar-refractivity contribution in [3.8, 4) is 0 Å². The predicted octanol–water partition coefficient (Wildman–Crippen LogP) is 3.52. The van der Waals surface area contributed by atoms with Gasteiger partial charge in [0.1, 0.15) is 5.82 Å². The molecule has 3 aromatic rings. The molecule has 152 valence electrons. The summed E-state index contributed by atoms with van der Waals surface area (Å²) in [5.41, 5.74) is 1.35. The predicted molar refractivity (Wildman–Crippen MR) is 117 cm³/mol. The zero-order valence-electron chi connectivity index (χ0n) is 17.0. The van der Waals surface area contributed by atoms with E-state index in [0.717, 1.165) is 38.5 Å². The second kappa shape index (κ2) is 8.97. The van der Waals surface area contributed by atoms with E-state index in [4.69, 9.17) is 0 Å². The summed E-state index contributed by atoms with van der Waals surface area (Å²) >= 11 is 1.41. The van der Waals surface area contributed by atoms with E-state index < -0.39 is 0 Å². The Morgan fingerprint density at radius 3 is 2.62 bits per heavy atom. The Balaban J connectivity index is 1.28. The maximum Gasteiger partial charge on any atom is 0.233 e. The average Bonchev–Trinajstić information content (AvgIpc) is 3.22. The number of aromatic amines is 1. The number of carbonyl (C=O) groups excluding carboxylic acids is 1. The van der Waals surface area contributed by atoms with E-state index in [1.165, 1.54) is 28.1 Å². The molecule has 0 unspecified atom stereocenters. The van der Waals surface area contributed by atoms with Gasteiger partial charge in [0.2, 0.25) is 11.1 Å². The lowest BCUT2D eigenvalue weighted by molar-refractivity contribution is -0.130. The van der Waals surface area contributed by atoms with Crippen LogP contribution in [0.5, 0.6) is 0 Å². The lowest BCUT2D eigenvalue weighted by Crippen LogP contribution is -2.48. The highest BCUT2D eigenvalue weighted by Gasteiger charge is 2.22. The fourth-order valence-electron chi connectivity index (χ4n) is 3.63. The lowest BCUT2D eigenvalue weighted by atomic mass is 10.0. The van der Waals surface area contributed by atoms with Gasteiger partial charge in [-0.15, -0.1) is 5.10 Å². The zero-order chi connectivity index (χ0) is 20.2. The lowest BCUT2D eigenvalue weighted by Gasteiger charge is -2.34. The summed E-state index contributed by atoms with van der Waals surface area (Å²) in [5, 5.41) is 10.4. The Morgan fingerprint density at radius 2 is 1.86 bits per heavy atom. The van der Waals surface area contributed by atoms with E-state index in [9.17, 15) is 4.79 Å². The standard InChI is InChI=1S/C22H27N5OS/c1-16(2)21-23-22(25-24-21)29-15-20(28)27-12-10-26(11-13-27)14-18-8-5-7-17-6-3-4-9-19(17)18/h3-9,16H,10-15H2,1-2H3,(H,23,24,25). The summed E-state index contributed by atoms with van der Waals surface area (Å²) < 4.78 is 0. The Labute approximate surface area is 175 Å². The third kappa shape index (κ3) is 4.79. The van der Waals surface area contributed by atoms with E-state index in [1.54, 1.807) is 0 Å². The molecule has 4 rings (SSSR count). The van der Waals surface area contributed by atoms with Crippen LogP contribution in [0.4, 0.5) is 0 Å². The molecule has 1 fully saturated rings. The van der Waals surface area contributed by atoms with E-state index >= 15 is 0 Å². The molecule has 1 amide bonds. The first kappa shape index (κ1) is 19.9.